The van der Waals surface area contributed by atoms with Gasteiger partial charge in [0.1, 0.15) is 5.82 Å². The van der Waals surface area contributed by atoms with Gasteiger partial charge in [0.2, 0.25) is 5.91 Å². The summed E-state index contributed by atoms with van der Waals surface area (Å²) in [4.78, 5) is 14.2. The summed E-state index contributed by atoms with van der Waals surface area (Å²) in [5.41, 5.74) is 0.0176. The molecule has 1 amide bonds. The number of rotatable bonds is 6. The van der Waals surface area contributed by atoms with E-state index in [-0.39, 0.29) is 11.9 Å². The largest absolute Gasteiger partial charge is 0.416 e. The Kier molecular flexibility index (Phi) is 6.07. The highest BCUT2D eigenvalue weighted by atomic mass is 19.4. The molecule has 0 radical (unpaired) electrons. The van der Waals surface area contributed by atoms with Crippen molar-refractivity contribution in [3.63, 3.8) is 0 Å². The van der Waals surface area contributed by atoms with Crippen molar-refractivity contribution in [3.05, 3.63) is 47.7 Å². The fraction of sp³-hybridized carbons (Fsp3) is 0.444. The molecule has 2 rings (SSSR count). The summed E-state index contributed by atoms with van der Waals surface area (Å²) in [6.07, 6.45) is -2.73. The Bertz CT molecular complexity index is 738. The number of nitrogens with zero attached hydrogens (tertiary/aromatic N) is 3. The Morgan fingerprint density at radius 2 is 1.81 bits per heavy atom. The van der Waals surface area contributed by atoms with Crippen LogP contribution in [-0.4, -0.2) is 33.7 Å². The predicted molar refractivity (Wildman–Crippen MR) is 93.6 cm³/mol. The van der Waals surface area contributed by atoms with Gasteiger partial charge in [-0.3, -0.25) is 9.69 Å². The molecule has 5 nitrogen and oxygen atoms in total. The highest BCUT2D eigenvalue weighted by Gasteiger charge is 2.30. The van der Waals surface area contributed by atoms with Crippen molar-refractivity contribution in [1.29, 1.82) is 0 Å². The second-order valence-electron chi connectivity index (χ2n) is 6.53. The predicted octanol–water partition coefficient (Wildman–Crippen LogP) is 3.94. The number of hydrogen-bond donors (Lipinski definition) is 1. The van der Waals surface area contributed by atoms with E-state index < -0.39 is 17.8 Å². The number of aromatic nitrogens is 2. The van der Waals surface area contributed by atoms with Crippen molar-refractivity contribution >= 4 is 11.7 Å². The molecule has 1 heterocycles. The summed E-state index contributed by atoms with van der Waals surface area (Å²) in [5.74, 6) is 0.404. The quantitative estimate of drug-likeness (QED) is 0.840. The second kappa shape index (κ2) is 7.90. The molecule has 0 saturated carbocycles. The first-order chi connectivity index (χ1) is 12.1. The summed E-state index contributed by atoms with van der Waals surface area (Å²) in [5, 5.41) is 7.00. The van der Waals surface area contributed by atoms with Crippen molar-refractivity contribution in [2.75, 3.05) is 12.4 Å². The van der Waals surface area contributed by atoms with E-state index in [2.05, 4.69) is 10.4 Å². The molecule has 26 heavy (non-hydrogen) atoms. The smallest absolute Gasteiger partial charge is 0.310 e. The molecule has 8 heteroatoms. The third-order valence-corrected chi connectivity index (χ3v) is 4.16. The van der Waals surface area contributed by atoms with Crippen molar-refractivity contribution in [3.8, 4) is 0 Å². The van der Waals surface area contributed by atoms with E-state index >= 15 is 0 Å². The van der Waals surface area contributed by atoms with Gasteiger partial charge in [0.05, 0.1) is 17.8 Å². The minimum Gasteiger partial charge on any atom is -0.310 e. The Morgan fingerprint density at radius 1 is 1.19 bits per heavy atom. The Labute approximate surface area is 150 Å². The molecule has 1 atom stereocenters. The molecule has 0 spiro atoms. The van der Waals surface area contributed by atoms with Crippen LogP contribution in [0.2, 0.25) is 0 Å². The molecule has 142 valence electrons. The molecular formula is C18H23F3N4O. The van der Waals surface area contributed by atoms with Crippen LogP contribution in [0.4, 0.5) is 19.0 Å². The number of amides is 1. The fourth-order valence-electron chi connectivity index (χ4n) is 2.48. The van der Waals surface area contributed by atoms with Crippen molar-refractivity contribution in [2.45, 2.75) is 45.6 Å². The number of halogens is 3. The molecule has 1 N–H and O–H groups in total. The SMILES string of the molecule is CC(C(=O)Nc1ccnn1C(C)C)N(C)Cc1ccc(C(F)(F)F)cc1. The molecule has 2 aromatic rings. The van der Waals surface area contributed by atoms with Crippen LogP contribution in [0, 0.1) is 0 Å². The summed E-state index contributed by atoms with van der Waals surface area (Å²) < 4.78 is 39.6. The molecule has 1 unspecified atom stereocenters. The van der Waals surface area contributed by atoms with Crippen LogP contribution in [0.3, 0.4) is 0 Å². The van der Waals surface area contributed by atoms with Crippen LogP contribution in [0.25, 0.3) is 0 Å². The van der Waals surface area contributed by atoms with Crippen molar-refractivity contribution < 1.29 is 18.0 Å². The summed E-state index contributed by atoms with van der Waals surface area (Å²) >= 11 is 0. The zero-order chi connectivity index (χ0) is 19.5. The van der Waals surface area contributed by atoms with Gasteiger partial charge in [0.15, 0.2) is 0 Å². The summed E-state index contributed by atoms with van der Waals surface area (Å²) in [7, 11) is 1.75. The number of anilines is 1. The number of carbonyl (C=O) groups excluding carboxylic acids is 1. The van der Waals surface area contributed by atoms with E-state index in [0.29, 0.717) is 17.9 Å². The zero-order valence-electron chi connectivity index (χ0n) is 15.2. The van der Waals surface area contributed by atoms with Gasteiger partial charge < -0.3 is 5.32 Å². The molecule has 0 saturated heterocycles. The summed E-state index contributed by atoms with van der Waals surface area (Å²) in [6, 6.07) is 6.33. The van der Waals surface area contributed by atoms with Gasteiger partial charge >= 0.3 is 6.18 Å². The zero-order valence-corrected chi connectivity index (χ0v) is 15.2. The molecule has 0 bridgehead atoms. The molecule has 1 aromatic heterocycles. The lowest BCUT2D eigenvalue weighted by molar-refractivity contribution is -0.137. The number of benzene rings is 1. The maximum absolute atomic E-state index is 12.6. The third kappa shape index (κ3) is 4.85. The average molecular weight is 368 g/mol. The molecular weight excluding hydrogens is 345 g/mol. The van der Waals surface area contributed by atoms with E-state index in [1.54, 1.807) is 35.8 Å². The third-order valence-electron chi connectivity index (χ3n) is 4.16. The lowest BCUT2D eigenvalue weighted by atomic mass is 10.1. The monoisotopic (exact) mass is 368 g/mol. The molecule has 1 aromatic carbocycles. The maximum Gasteiger partial charge on any atom is 0.416 e. The van der Waals surface area contributed by atoms with Crippen molar-refractivity contribution in [1.82, 2.24) is 14.7 Å². The van der Waals surface area contributed by atoms with Gasteiger partial charge in [-0.05, 0) is 45.5 Å². The number of likely N-dealkylation sites (N-methyl/N-ethyl adjacent to an activating group) is 1. The van der Waals surface area contributed by atoms with Crippen LogP contribution in [0.1, 0.15) is 37.9 Å². The normalized spacial score (nSPS) is 13.3. The average Bonchev–Trinajstić information content (AvgIpc) is 3.02. The topological polar surface area (TPSA) is 50.2 Å². The lowest BCUT2D eigenvalue weighted by Crippen LogP contribution is -2.39. The number of alkyl halides is 3. The number of hydrogen-bond acceptors (Lipinski definition) is 3. The van der Waals surface area contributed by atoms with Gasteiger partial charge in [0, 0.05) is 18.7 Å². The number of carbonyl (C=O) groups is 1. The molecule has 0 aliphatic rings. The number of nitrogens with one attached hydrogen (secondary N) is 1. The lowest BCUT2D eigenvalue weighted by Gasteiger charge is -2.24. The maximum atomic E-state index is 12.6. The molecule has 0 aliphatic heterocycles. The fourth-order valence-corrected chi connectivity index (χ4v) is 2.48. The van der Waals surface area contributed by atoms with E-state index in [1.807, 2.05) is 13.8 Å². The summed E-state index contributed by atoms with van der Waals surface area (Å²) in [6.45, 7) is 6.03. The van der Waals surface area contributed by atoms with E-state index in [1.165, 1.54) is 12.1 Å². The van der Waals surface area contributed by atoms with Gasteiger partial charge in [-0.1, -0.05) is 12.1 Å². The van der Waals surface area contributed by atoms with Gasteiger partial charge in [-0.2, -0.15) is 18.3 Å². The van der Waals surface area contributed by atoms with Gasteiger partial charge in [0.25, 0.3) is 0 Å². The van der Waals surface area contributed by atoms with Crippen LogP contribution in [0.5, 0.6) is 0 Å². The van der Waals surface area contributed by atoms with E-state index in [9.17, 15) is 18.0 Å². The Morgan fingerprint density at radius 3 is 2.35 bits per heavy atom. The van der Waals surface area contributed by atoms with Crippen LogP contribution in [-0.2, 0) is 17.5 Å². The van der Waals surface area contributed by atoms with E-state index in [0.717, 1.165) is 12.1 Å². The highest BCUT2D eigenvalue weighted by molar-refractivity contribution is 5.93. The van der Waals surface area contributed by atoms with Crippen LogP contribution < -0.4 is 5.32 Å². The Balaban J connectivity index is 1.99. The molecule has 0 aliphatic carbocycles. The highest BCUT2D eigenvalue weighted by Crippen LogP contribution is 2.29. The minimum absolute atomic E-state index is 0.112. The first-order valence-corrected chi connectivity index (χ1v) is 8.30. The second-order valence-corrected chi connectivity index (χ2v) is 6.53. The van der Waals surface area contributed by atoms with Crippen molar-refractivity contribution in [2.24, 2.45) is 0 Å². The van der Waals surface area contributed by atoms with Crippen LogP contribution >= 0.6 is 0 Å². The van der Waals surface area contributed by atoms with Gasteiger partial charge in [-0.15, -0.1) is 0 Å². The standard InChI is InChI=1S/C18H23F3N4O/c1-12(2)25-16(9-10-22-25)23-17(26)13(3)24(4)11-14-5-7-15(8-6-14)18(19,20)21/h5-10,12-13H,11H2,1-4H3,(H,23,26). The van der Waals surface area contributed by atoms with Gasteiger partial charge in [-0.25, -0.2) is 4.68 Å². The minimum atomic E-state index is -4.35. The molecule has 0 fully saturated rings. The van der Waals surface area contributed by atoms with E-state index in [4.69, 9.17) is 0 Å². The Hall–Kier alpha value is -2.35. The first kappa shape index (κ1) is 20.0. The first-order valence-electron chi connectivity index (χ1n) is 8.30. The van der Waals surface area contributed by atoms with Crippen LogP contribution in [0.15, 0.2) is 36.5 Å².